The molecule has 3 N–H and O–H groups in total. The van der Waals surface area contributed by atoms with E-state index in [1.807, 2.05) is 36.4 Å². The van der Waals surface area contributed by atoms with Crippen LogP contribution in [-0.2, 0) is 25.7 Å². The summed E-state index contributed by atoms with van der Waals surface area (Å²) in [6.45, 7) is 2.22. The van der Waals surface area contributed by atoms with Gasteiger partial charge in [-0.1, -0.05) is 68.5 Å². The Morgan fingerprint density at radius 1 is 0.959 bits per heavy atom. The molecule has 2 fully saturated rings. The Morgan fingerprint density at radius 3 is 2.47 bits per heavy atom. The van der Waals surface area contributed by atoms with Crippen LogP contribution in [0.25, 0.3) is 28.2 Å². The lowest BCUT2D eigenvalue weighted by atomic mass is 9.81. The van der Waals surface area contributed by atoms with Crippen molar-refractivity contribution >= 4 is 52.0 Å². The smallest absolute Gasteiger partial charge is 0.330 e. The number of hydrogen-bond donors (Lipinski definition) is 3. The molecule has 0 atom stereocenters. The molecule has 2 aliphatic carbocycles. The Morgan fingerprint density at radius 2 is 1.71 bits per heavy atom. The number of rotatable bonds is 8. The summed E-state index contributed by atoms with van der Waals surface area (Å²) in [4.78, 5) is 52.6. The first-order valence-corrected chi connectivity index (χ1v) is 17.5. The summed E-state index contributed by atoms with van der Waals surface area (Å²) in [5, 5.41) is 10.3. The molecule has 9 nitrogen and oxygen atoms in total. The molecule has 2 heterocycles. The van der Waals surface area contributed by atoms with Crippen molar-refractivity contribution in [1.82, 2.24) is 9.88 Å². The van der Waals surface area contributed by atoms with Crippen LogP contribution in [0.1, 0.15) is 92.1 Å². The molecule has 0 spiro atoms. The van der Waals surface area contributed by atoms with E-state index in [2.05, 4.69) is 26.6 Å². The minimum absolute atomic E-state index is 0.0993. The largest absolute Gasteiger partial charge is 0.463 e. The minimum Gasteiger partial charge on any atom is -0.463 e. The molecule has 4 aromatic rings. The highest BCUT2D eigenvalue weighted by Gasteiger charge is 2.43. The average Bonchev–Trinajstić information content (AvgIpc) is 3.68. The molecule has 3 amide bonds. The molecular weight excluding hydrogens is 616 g/mol. The van der Waals surface area contributed by atoms with Crippen molar-refractivity contribution in [3.8, 4) is 11.3 Å². The van der Waals surface area contributed by atoms with E-state index in [0.717, 1.165) is 59.1 Å². The predicted octanol–water partition coefficient (Wildman–Crippen LogP) is 7.57. The maximum atomic E-state index is 14.0. The third-order valence-corrected chi connectivity index (χ3v) is 10.2. The van der Waals surface area contributed by atoms with E-state index in [1.165, 1.54) is 30.9 Å². The lowest BCUT2D eigenvalue weighted by Gasteiger charge is -2.29. The van der Waals surface area contributed by atoms with Gasteiger partial charge in [-0.3, -0.25) is 14.4 Å². The second kappa shape index (κ2) is 13.7. The first-order valence-electron chi connectivity index (χ1n) is 17.5. The quantitative estimate of drug-likeness (QED) is 0.133. The zero-order valence-corrected chi connectivity index (χ0v) is 27.8. The van der Waals surface area contributed by atoms with E-state index in [9.17, 15) is 19.2 Å². The standard InChI is InChI=1S/C40H42N4O5/c1-2-49-35(46)21-16-26-14-18-29(19-15-26)41-39(48)40(22-8-9-23-40)43-38(47)28-17-20-31-33(24-28)44-25-34(45)42-32-13-7-6-12-30(32)37(44)36(31)27-10-4-3-5-11-27/h6-7,12-21,24,27H,2-5,8-11,22-23,25H2,1H3,(H,41,48)(H,42,45)(H,43,47). The number of para-hydroxylation sites is 1. The number of benzene rings is 3. The number of nitrogens with one attached hydrogen (secondary N) is 3. The van der Waals surface area contributed by atoms with Crippen molar-refractivity contribution in [2.75, 3.05) is 17.2 Å². The molecule has 49 heavy (non-hydrogen) atoms. The molecule has 0 unspecified atom stereocenters. The monoisotopic (exact) mass is 658 g/mol. The fourth-order valence-electron chi connectivity index (χ4n) is 7.87. The van der Waals surface area contributed by atoms with E-state index in [4.69, 9.17) is 4.74 Å². The van der Waals surface area contributed by atoms with Crippen molar-refractivity contribution in [3.63, 3.8) is 0 Å². The highest BCUT2D eigenvalue weighted by molar-refractivity contribution is 6.07. The van der Waals surface area contributed by atoms with Gasteiger partial charge in [-0.25, -0.2) is 4.79 Å². The number of ether oxygens (including phenoxy) is 1. The van der Waals surface area contributed by atoms with E-state index < -0.39 is 11.5 Å². The molecule has 0 bridgehead atoms. The number of fused-ring (bicyclic) bond motifs is 5. The Hall–Kier alpha value is -5.18. The van der Waals surface area contributed by atoms with Crippen LogP contribution in [0.5, 0.6) is 0 Å². The van der Waals surface area contributed by atoms with Gasteiger partial charge in [-0.05, 0) is 86.1 Å². The van der Waals surface area contributed by atoms with E-state index >= 15 is 0 Å². The molecule has 0 radical (unpaired) electrons. The van der Waals surface area contributed by atoms with Crippen molar-refractivity contribution in [1.29, 1.82) is 0 Å². The second-order valence-corrected chi connectivity index (χ2v) is 13.4. The van der Waals surface area contributed by atoms with E-state index in [1.54, 1.807) is 37.3 Å². The fourth-order valence-corrected chi connectivity index (χ4v) is 7.87. The van der Waals surface area contributed by atoms with Crippen molar-refractivity contribution in [2.24, 2.45) is 0 Å². The molecule has 7 rings (SSSR count). The molecule has 1 aromatic heterocycles. The molecule has 2 saturated carbocycles. The zero-order valence-electron chi connectivity index (χ0n) is 27.8. The maximum absolute atomic E-state index is 14.0. The van der Waals surface area contributed by atoms with Crippen LogP contribution in [0, 0.1) is 0 Å². The van der Waals surface area contributed by atoms with Crippen molar-refractivity contribution in [3.05, 3.63) is 89.5 Å². The Kier molecular flexibility index (Phi) is 9.08. The lowest BCUT2D eigenvalue weighted by molar-refractivity contribution is -0.137. The van der Waals surface area contributed by atoms with Crippen LogP contribution >= 0.6 is 0 Å². The van der Waals surface area contributed by atoms with Crippen LogP contribution in [0.3, 0.4) is 0 Å². The summed E-state index contributed by atoms with van der Waals surface area (Å²) < 4.78 is 7.02. The summed E-state index contributed by atoms with van der Waals surface area (Å²) in [6, 6.07) is 20.9. The van der Waals surface area contributed by atoms with E-state index in [0.29, 0.717) is 36.6 Å². The van der Waals surface area contributed by atoms with Crippen LogP contribution in [0.15, 0.2) is 72.8 Å². The normalized spacial score (nSPS) is 17.2. The molecule has 3 aliphatic rings. The number of carbonyl (C=O) groups is 4. The summed E-state index contributed by atoms with van der Waals surface area (Å²) in [5.41, 5.74) is 5.79. The summed E-state index contributed by atoms with van der Waals surface area (Å²) in [7, 11) is 0. The van der Waals surface area contributed by atoms with Crippen LogP contribution in [0.2, 0.25) is 0 Å². The zero-order chi connectivity index (χ0) is 34.0. The van der Waals surface area contributed by atoms with Crippen LogP contribution < -0.4 is 16.0 Å². The van der Waals surface area contributed by atoms with Gasteiger partial charge in [0.2, 0.25) is 11.8 Å². The summed E-state index contributed by atoms with van der Waals surface area (Å²) in [6.07, 6.45) is 11.6. The third-order valence-electron chi connectivity index (χ3n) is 10.2. The molecule has 1 aliphatic heterocycles. The van der Waals surface area contributed by atoms with Gasteiger partial charge in [0.1, 0.15) is 12.1 Å². The Labute approximate surface area is 286 Å². The molecule has 252 valence electrons. The third kappa shape index (κ3) is 6.49. The molecule has 3 aromatic carbocycles. The first kappa shape index (κ1) is 32.4. The van der Waals surface area contributed by atoms with Crippen LogP contribution in [-0.4, -0.2) is 40.4 Å². The number of nitrogens with zero attached hydrogens (tertiary/aromatic N) is 1. The lowest BCUT2D eigenvalue weighted by Crippen LogP contribution is -2.55. The Bertz CT molecular complexity index is 1950. The van der Waals surface area contributed by atoms with Gasteiger partial charge in [-0.2, -0.15) is 0 Å². The molecule has 9 heteroatoms. The summed E-state index contributed by atoms with van der Waals surface area (Å²) in [5.74, 6) is -0.699. The molecular formula is C40H42N4O5. The minimum atomic E-state index is -1.04. The topological polar surface area (TPSA) is 119 Å². The number of aromatic nitrogens is 1. The molecule has 0 saturated heterocycles. The number of hydrogen-bond acceptors (Lipinski definition) is 5. The van der Waals surface area contributed by atoms with E-state index in [-0.39, 0.29) is 24.3 Å². The number of esters is 1. The summed E-state index contributed by atoms with van der Waals surface area (Å²) >= 11 is 0. The second-order valence-electron chi connectivity index (χ2n) is 13.4. The number of amides is 3. The highest BCUT2D eigenvalue weighted by Crippen LogP contribution is 2.46. The van der Waals surface area contributed by atoms with Gasteiger partial charge < -0.3 is 25.3 Å². The first-order chi connectivity index (χ1) is 23.8. The van der Waals surface area contributed by atoms with Crippen LogP contribution in [0.4, 0.5) is 11.4 Å². The van der Waals surface area contributed by atoms with Gasteiger partial charge in [0.25, 0.3) is 5.91 Å². The van der Waals surface area contributed by atoms with Gasteiger partial charge in [0.15, 0.2) is 0 Å². The maximum Gasteiger partial charge on any atom is 0.330 e. The number of carbonyl (C=O) groups excluding carboxylic acids is 4. The average molecular weight is 659 g/mol. The highest BCUT2D eigenvalue weighted by atomic mass is 16.5. The predicted molar refractivity (Wildman–Crippen MR) is 191 cm³/mol. The van der Waals surface area contributed by atoms with Gasteiger partial charge in [0, 0.05) is 28.3 Å². The Balaban J connectivity index is 1.17. The van der Waals surface area contributed by atoms with Gasteiger partial charge in [0.05, 0.1) is 23.5 Å². The van der Waals surface area contributed by atoms with Crippen molar-refractivity contribution < 1.29 is 23.9 Å². The fraction of sp³-hybridized carbons (Fsp3) is 0.350. The number of anilines is 2. The van der Waals surface area contributed by atoms with Crippen molar-refractivity contribution in [2.45, 2.75) is 82.7 Å². The SMILES string of the molecule is CCOC(=O)C=Cc1ccc(NC(=O)C2(NC(=O)c3ccc4c(C5CCCCC5)c5n(c4c3)CC(=O)Nc3ccccc3-5)CCCC2)cc1. The van der Waals surface area contributed by atoms with Gasteiger partial charge in [-0.15, -0.1) is 0 Å². The van der Waals surface area contributed by atoms with Gasteiger partial charge >= 0.3 is 5.97 Å².